The van der Waals surface area contributed by atoms with Crippen molar-refractivity contribution in [3.05, 3.63) is 42.1 Å². The van der Waals surface area contributed by atoms with Gasteiger partial charge < -0.3 is 24.8 Å². The Labute approximate surface area is 188 Å². The van der Waals surface area contributed by atoms with Crippen LogP contribution < -0.4 is 19.9 Å². The van der Waals surface area contributed by atoms with Crippen molar-refractivity contribution in [3.8, 4) is 5.75 Å². The molecule has 168 valence electrons. The van der Waals surface area contributed by atoms with Gasteiger partial charge in [-0.25, -0.2) is 4.98 Å². The number of para-hydroxylation sites is 2. The second-order valence-corrected chi connectivity index (χ2v) is 8.57. The number of anilines is 3. The topological polar surface area (TPSA) is 78.0 Å². The van der Waals surface area contributed by atoms with Crippen molar-refractivity contribution in [1.29, 1.82) is 0 Å². The number of aromatic nitrogens is 1. The van der Waals surface area contributed by atoms with Gasteiger partial charge in [0.2, 0.25) is 5.91 Å². The van der Waals surface area contributed by atoms with E-state index in [1.54, 1.807) is 11.1 Å². The van der Waals surface area contributed by atoms with Crippen LogP contribution in [0, 0.1) is 5.92 Å². The third-order valence-corrected chi connectivity index (χ3v) is 6.32. The molecule has 2 fully saturated rings. The molecule has 5 rings (SSSR count). The van der Waals surface area contributed by atoms with Crippen LogP contribution in [0.2, 0.25) is 0 Å². The number of ether oxygens (including phenoxy) is 1. The van der Waals surface area contributed by atoms with Gasteiger partial charge in [0.05, 0.1) is 30.1 Å². The Kier molecular flexibility index (Phi) is 5.59. The molecule has 0 unspecified atom stereocenters. The molecular weight excluding hydrogens is 406 g/mol. The van der Waals surface area contributed by atoms with Gasteiger partial charge in [-0.3, -0.25) is 9.59 Å². The summed E-state index contributed by atoms with van der Waals surface area (Å²) in [5.41, 5.74) is 2.32. The number of amides is 2. The van der Waals surface area contributed by atoms with Gasteiger partial charge in [-0.1, -0.05) is 12.1 Å². The lowest BCUT2D eigenvalue weighted by molar-refractivity contribution is -0.117. The highest BCUT2D eigenvalue weighted by molar-refractivity contribution is 6.04. The van der Waals surface area contributed by atoms with Crippen molar-refractivity contribution in [2.75, 3.05) is 61.0 Å². The standard InChI is InChI=1S/C24H29N5O3/c1-2-32-21-6-4-3-5-19(21)27-9-11-28(12-10-27)24(31)18-13-20-23(25-14-18)26-15-22(30)29(20)16-17-7-8-17/h3-6,13-14,17H,2,7-12,15-16H2,1H3,(H,25,26). The van der Waals surface area contributed by atoms with Crippen molar-refractivity contribution in [3.63, 3.8) is 0 Å². The molecule has 0 bridgehead atoms. The first-order chi connectivity index (χ1) is 15.6. The number of rotatable bonds is 6. The minimum absolute atomic E-state index is 0.0392. The number of hydrogen-bond acceptors (Lipinski definition) is 6. The van der Waals surface area contributed by atoms with Gasteiger partial charge in [0, 0.05) is 38.9 Å². The van der Waals surface area contributed by atoms with Crippen LogP contribution in [-0.4, -0.2) is 67.6 Å². The number of nitrogens with one attached hydrogen (secondary N) is 1. The van der Waals surface area contributed by atoms with Crippen LogP contribution in [0.1, 0.15) is 30.1 Å². The summed E-state index contributed by atoms with van der Waals surface area (Å²) in [5, 5.41) is 3.08. The highest BCUT2D eigenvalue weighted by Crippen LogP contribution is 2.35. The molecule has 1 aliphatic carbocycles. The fourth-order valence-corrected chi connectivity index (χ4v) is 4.39. The average molecular weight is 436 g/mol. The van der Waals surface area contributed by atoms with Crippen LogP contribution in [0.3, 0.4) is 0 Å². The van der Waals surface area contributed by atoms with E-state index in [9.17, 15) is 9.59 Å². The van der Waals surface area contributed by atoms with Crippen LogP contribution in [0.15, 0.2) is 36.5 Å². The van der Waals surface area contributed by atoms with E-state index in [0.717, 1.165) is 43.1 Å². The Hall–Kier alpha value is -3.29. The molecular formula is C24H29N5O3. The predicted octanol–water partition coefficient (Wildman–Crippen LogP) is 2.61. The van der Waals surface area contributed by atoms with Crippen LogP contribution in [0.25, 0.3) is 0 Å². The summed E-state index contributed by atoms with van der Waals surface area (Å²) in [6.45, 7) is 6.30. The summed E-state index contributed by atoms with van der Waals surface area (Å²) in [6, 6.07) is 9.86. The first kappa shape index (κ1) is 20.6. The Morgan fingerprint density at radius 1 is 1.16 bits per heavy atom. The molecule has 3 heterocycles. The highest BCUT2D eigenvalue weighted by atomic mass is 16.5. The van der Waals surface area contributed by atoms with Gasteiger partial charge in [0.1, 0.15) is 11.6 Å². The second-order valence-electron chi connectivity index (χ2n) is 8.57. The summed E-state index contributed by atoms with van der Waals surface area (Å²) in [6.07, 6.45) is 3.95. The maximum absolute atomic E-state index is 13.2. The molecule has 2 amide bonds. The van der Waals surface area contributed by atoms with Crippen molar-refractivity contribution < 1.29 is 14.3 Å². The van der Waals surface area contributed by atoms with Gasteiger partial charge in [-0.2, -0.15) is 0 Å². The average Bonchev–Trinajstić information content (AvgIpc) is 3.65. The van der Waals surface area contributed by atoms with Crippen molar-refractivity contribution in [1.82, 2.24) is 9.88 Å². The van der Waals surface area contributed by atoms with E-state index in [1.807, 2.05) is 36.1 Å². The molecule has 1 saturated heterocycles. The first-order valence-corrected chi connectivity index (χ1v) is 11.4. The minimum atomic E-state index is -0.0394. The molecule has 0 radical (unpaired) electrons. The minimum Gasteiger partial charge on any atom is -0.492 e. The molecule has 2 aliphatic heterocycles. The fourth-order valence-electron chi connectivity index (χ4n) is 4.39. The number of carbonyl (C=O) groups excluding carboxylic acids is 2. The summed E-state index contributed by atoms with van der Waals surface area (Å²) < 4.78 is 5.77. The largest absolute Gasteiger partial charge is 0.492 e. The van der Waals surface area contributed by atoms with E-state index >= 15 is 0 Å². The van der Waals surface area contributed by atoms with Gasteiger partial charge in [-0.15, -0.1) is 0 Å². The van der Waals surface area contributed by atoms with Gasteiger partial charge in [0.15, 0.2) is 0 Å². The molecule has 1 N–H and O–H groups in total. The lowest BCUT2D eigenvalue weighted by Gasteiger charge is -2.37. The Bertz CT molecular complexity index is 1010. The van der Waals surface area contributed by atoms with E-state index in [4.69, 9.17) is 4.74 Å². The molecule has 1 aromatic heterocycles. The van der Waals surface area contributed by atoms with Crippen molar-refractivity contribution in [2.45, 2.75) is 19.8 Å². The molecule has 8 heteroatoms. The van der Waals surface area contributed by atoms with E-state index in [-0.39, 0.29) is 18.4 Å². The molecule has 0 atom stereocenters. The number of hydrogen-bond donors (Lipinski definition) is 1. The first-order valence-electron chi connectivity index (χ1n) is 11.4. The Morgan fingerprint density at radius 3 is 2.69 bits per heavy atom. The molecule has 0 spiro atoms. The second kappa shape index (κ2) is 8.68. The predicted molar refractivity (Wildman–Crippen MR) is 124 cm³/mol. The van der Waals surface area contributed by atoms with Crippen molar-refractivity contribution in [2.24, 2.45) is 5.92 Å². The summed E-state index contributed by atoms with van der Waals surface area (Å²) >= 11 is 0. The van der Waals surface area contributed by atoms with E-state index in [2.05, 4.69) is 21.3 Å². The van der Waals surface area contributed by atoms with Crippen LogP contribution in [0.5, 0.6) is 5.75 Å². The van der Waals surface area contributed by atoms with Crippen LogP contribution in [-0.2, 0) is 4.79 Å². The molecule has 3 aliphatic rings. The van der Waals surface area contributed by atoms with Gasteiger partial charge in [-0.05, 0) is 43.9 Å². The number of carbonyl (C=O) groups is 2. The molecule has 2 aromatic rings. The molecule has 32 heavy (non-hydrogen) atoms. The number of pyridine rings is 1. The maximum Gasteiger partial charge on any atom is 0.255 e. The zero-order chi connectivity index (χ0) is 22.1. The zero-order valence-corrected chi connectivity index (χ0v) is 18.4. The third kappa shape index (κ3) is 4.09. The number of piperazine rings is 1. The van der Waals surface area contributed by atoms with Crippen LogP contribution >= 0.6 is 0 Å². The number of nitrogens with zero attached hydrogens (tertiary/aromatic N) is 4. The number of benzene rings is 1. The third-order valence-electron chi connectivity index (χ3n) is 6.32. The Balaban J connectivity index is 1.29. The van der Waals surface area contributed by atoms with E-state index in [0.29, 0.717) is 43.5 Å². The van der Waals surface area contributed by atoms with Gasteiger partial charge in [0.25, 0.3) is 5.91 Å². The lowest BCUT2D eigenvalue weighted by Crippen LogP contribution is -2.49. The Morgan fingerprint density at radius 2 is 1.94 bits per heavy atom. The summed E-state index contributed by atoms with van der Waals surface area (Å²) in [4.78, 5) is 36.1. The zero-order valence-electron chi connectivity index (χ0n) is 18.4. The smallest absolute Gasteiger partial charge is 0.255 e. The van der Waals surface area contributed by atoms with E-state index < -0.39 is 0 Å². The summed E-state index contributed by atoms with van der Waals surface area (Å²) in [7, 11) is 0. The lowest BCUT2D eigenvalue weighted by atomic mass is 10.1. The quantitative estimate of drug-likeness (QED) is 0.752. The fraction of sp³-hybridized carbons (Fsp3) is 0.458. The molecule has 1 aromatic carbocycles. The summed E-state index contributed by atoms with van der Waals surface area (Å²) in [5.74, 6) is 2.12. The van der Waals surface area contributed by atoms with E-state index in [1.165, 1.54) is 0 Å². The molecule has 1 saturated carbocycles. The van der Waals surface area contributed by atoms with Crippen molar-refractivity contribution >= 4 is 29.0 Å². The van der Waals surface area contributed by atoms with Gasteiger partial charge >= 0.3 is 0 Å². The SMILES string of the molecule is CCOc1ccccc1N1CCN(C(=O)c2cnc3c(c2)N(CC2CC2)C(=O)CN3)CC1. The molecule has 8 nitrogen and oxygen atoms in total. The maximum atomic E-state index is 13.2. The normalized spacial score (nSPS) is 18.3. The monoisotopic (exact) mass is 435 g/mol. The van der Waals surface area contributed by atoms with Crippen LogP contribution in [0.4, 0.5) is 17.2 Å². The number of fused-ring (bicyclic) bond motifs is 1. The highest BCUT2D eigenvalue weighted by Gasteiger charge is 2.32.